The number of aliphatic hydroxyl groups excluding tert-OH is 1. The first kappa shape index (κ1) is 60.9. The Kier molecular flexibility index (Phi) is 18.5. The van der Waals surface area contributed by atoms with Crippen molar-refractivity contribution in [2.45, 2.75) is 256 Å². The highest BCUT2D eigenvalue weighted by molar-refractivity contribution is 14.1. The second kappa shape index (κ2) is 24.3. The van der Waals surface area contributed by atoms with E-state index in [2.05, 4.69) is 146 Å². The first-order chi connectivity index (χ1) is 38.1. The van der Waals surface area contributed by atoms with Crippen molar-refractivity contribution in [3.8, 4) is 5.75 Å². The van der Waals surface area contributed by atoms with E-state index in [9.17, 15) is 9.90 Å². The molecule has 10 aliphatic rings. The summed E-state index contributed by atoms with van der Waals surface area (Å²) < 4.78 is 37.5. The molecule has 0 radical (unpaired) electrons. The fourth-order valence-corrected chi connectivity index (χ4v) is 34.0. The molecule has 80 heavy (non-hydrogen) atoms. The summed E-state index contributed by atoms with van der Waals surface area (Å²) in [7, 11) is -1.98. The number of ether oxygens (including phenoxy) is 5. The number of hydrogen-bond donors (Lipinski definition) is 1. The lowest BCUT2D eigenvalue weighted by Crippen LogP contribution is -2.58. The first-order valence-corrected chi connectivity index (χ1v) is 37.5. The smallest absolute Gasteiger partial charge is 0.171 e. The molecule has 2 aliphatic heterocycles. The molecule has 1 N–H and O–H groups in total. The Morgan fingerprint density at radius 3 is 1.49 bits per heavy atom. The average molecular weight is 1250 g/mol. The van der Waals surface area contributed by atoms with Gasteiger partial charge in [-0.25, -0.2) is 9.97 Å². The van der Waals surface area contributed by atoms with Crippen LogP contribution in [0, 0.1) is 57.8 Å². The van der Waals surface area contributed by atoms with Crippen LogP contribution in [-0.2, 0) is 23.7 Å². The van der Waals surface area contributed by atoms with Gasteiger partial charge in [-0.05, 0) is 237 Å². The summed E-state index contributed by atoms with van der Waals surface area (Å²) in [6.07, 6.45) is 27.6. The normalized spacial score (nSPS) is 32.4. The van der Waals surface area contributed by atoms with Crippen molar-refractivity contribution in [2.75, 3.05) is 20.3 Å². The number of aliphatic hydroxyl groups is 1. The van der Waals surface area contributed by atoms with E-state index < -0.39 is 22.6 Å². The highest BCUT2D eigenvalue weighted by Gasteiger charge is 2.60. The van der Waals surface area contributed by atoms with Crippen LogP contribution in [0.5, 0.6) is 5.75 Å². The molecule has 8 bridgehead atoms. The second-order valence-electron chi connectivity index (χ2n) is 28.9. The average Bonchev–Trinajstić information content (AvgIpc) is 4.10. The minimum Gasteiger partial charge on any atom is -0.495 e. The van der Waals surface area contributed by atoms with Crippen LogP contribution in [0.2, 0.25) is 33.2 Å². The van der Waals surface area contributed by atoms with Crippen molar-refractivity contribution in [2.24, 2.45) is 47.3 Å². The van der Waals surface area contributed by atoms with Crippen LogP contribution < -0.4 is 4.74 Å². The molecule has 8 saturated carbocycles. The molecule has 10 fully saturated rings. The van der Waals surface area contributed by atoms with Crippen molar-refractivity contribution in [1.82, 2.24) is 18.4 Å². The standard InChI is InChI=1S/C33H52N2O4Si.C17H27IN2Si.C16H24O3/c1-20(2)40(21(3)4,22(5)6)35-12-11-26-30(27(37-7)19-34-32(26)35)31(36)29-24-14-23-15-25(29)18-33(16-23,17-24)39-28-10-8-9-13-38-28;1-11(2)21(12(3)4,13(5)6)20-9-8-15-16(18)14(7)10-19-17(15)20;17-10-14-12-5-11-6-13(14)9-16(7-11,8-12)19-15-3-1-2-4-18-15/h11-12,19-25,28-29,31,36H,8-10,13-18H2,1-7H3;8-13H,1-7H3;10-15H,1-9H2. The quantitative estimate of drug-likeness (QED) is 0.0664. The zero-order valence-corrected chi connectivity index (χ0v) is 55.8. The summed E-state index contributed by atoms with van der Waals surface area (Å²) in [6, 6.07) is 4.49. The van der Waals surface area contributed by atoms with Gasteiger partial charge in [0.2, 0.25) is 0 Å². The SMILES string of the molecule is COc1cnc2c(ccn2[Si](C(C)C)(C(C)C)C(C)C)c1C(O)C1C2CC3CC1CC(OC1CCCCO1)(C3)C2.Cc1cnc2c(ccn2[Si](C(C)C)(C(C)C)C(C)C)c1I.O=CC1C2CC3CC1CC(OC1CCCCO1)(C3)C2. The topological polar surface area (TPSA) is 119 Å². The molecule has 7 unspecified atom stereocenters. The predicted octanol–water partition coefficient (Wildman–Crippen LogP) is 16.7. The molecular weight excluding hydrogens is 1140 g/mol. The number of aryl methyl sites for hydroxylation is 1. The summed E-state index contributed by atoms with van der Waals surface area (Å²) in [6.45, 7) is 32.6. The van der Waals surface area contributed by atoms with Crippen molar-refractivity contribution in [3.63, 3.8) is 0 Å². The Balaban J connectivity index is 0.000000150. The van der Waals surface area contributed by atoms with E-state index in [4.69, 9.17) is 33.7 Å². The molecule has 11 nitrogen and oxygen atoms in total. The zero-order valence-electron chi connectivity index (χ0n) is 51.6. The van der Waals surface area contributed by atoms with Crippen LogP contribution >= 0.6 is 22.6 Å². The number of rotatable bonds is 16. The van der Waals surface area contributed by atoms with Gasteiger partial charge in [0, 0.05) is 45.2 Å². The third-order valence-electron chi connectivity index (χ3n) is 22.6. The maximum atomic E-state index is 12.3. The number of hydrogen-bond acceptors (Lipinski definition) is 9. The van der Waals surface area contributed by atoms with Crippen LogP contribution in [0.3, 0.4) is 0 Å². The summed E-state index contributed by atoms with van der Waals surface area (Å²) >= 11 is 2.46. The van der Waals surface area contributed by atoms with Crippen molar-refractivity contribution in [1.29, 1.82) is 0 Å². The van der Waals surface area contributed by atoms with Crippen LogP contribution in [0.4, 0.5) is 0 Å². The number of aromatic nitrogens is 4. The largest absolute Gasteiger partial charge is 0.495 e. The van der Waals surface area contributed by atoms with Crippen LogP contribution in [0.15, 0.2) is 36.9 Å². The Hall–Kier alpha value is -2.19. The third-order valence-corrected chi connectivity index (χ3v) is 37.5. The number of nitrogens with zero attached hydrogens (tertiary/aromatic N) is 4. The molecule has 14 rings (SSSR count). The van der Waals surface area contributed by atoms with Gasteiger partial charge in [-0.3, -0.25) is 0 Å². The Bertz CT molecular complexity index is 2690. The number of halogens is 1. The minimum atomic E-state index is -1.99. The van der Waals surface area contributed by atoms with E-state index in [0.29, 0.717) is 68.8 Å². The molecular formula is C66H103IN4O7Si2. The lowest BCUT2D eigenvalue weighted by molar-refractivity contribution is -0.277. The van der Waals surface area contributed by atoms with E-state index in [1.165, 1.54) is 84.2 Å². The van der Waals surface area contributed by atoms with Crippen LogP contribution in [0.1, 0.15) is 203 Å². The fraction of sp³-hybridized carbons (Fsp3) is 0.773. The Labute approximate surface area is 497 Å². The molecule has 0 amide bonds. The molecule has 444 valence electrons. The predicted molar refractivity (Wildman–Crippen MR) is 336 cm³/mol. The van der Waals surface area contributed by atoms with Gasteiger partial charge in [-0.2, -0.15) is 0 Å². The van der Waals surface area contributed by atoms with Gasteiger partial charge in [-0.15, -0.1) is 0 Å². The lowest BCUT2D eigenvalue weighted by Gasteiger charge is -2.61. The molecule has 7 atom stereocenters. The van der Waals surface area contributed by atoms with Crippen LogP contribution in [0.25, 0.3) is 22.1 Å². The molecule has 0 spiro atoms. The van der Waals surface area contributed by atoms with E-state index in [-0.39, 0.29) is 29.7 Å². The second-order valence-corrected chi connectivity index (χ2v) is 41.4. The number of pyridine rings is 2. The highest BCUT2D eigenvalue weighted by atomic mass is 127. The van der Waals surface area contributed by atoms with Crippen LogP contribution in [-0.4, -0.2) is 90.4 Å². The van der Waals surface area contributed by atoms with E-state index in [0.717, 1.165) is 86.4 Å². The van der Waals surface area contributed by atoms with Gasteiger partial charge in [0.1, 0.15) is 23.3 Å². The Morgan fingerprint density at radius 2 is 1.06 bits per heavy atom. The van der Waals surface area contributed by atoms with Crippen molar-refractivity contribution >= 4 is 67.4 Å². The molecule has 4 aromatic heterocycles. The number of aldehydes is 1. The van der Waals surface area contributed by atoms with Gasteiger partial charge < -0.3 is 42.1 Å². The number of methoxy groups -OCH3 is 1. The maximum Gasteiger partial charge on any atom is 0.171 e. The van der Waals surface area contributed by atoms with Gasteiger partial charge in [-0.1, -0.05) is 83.1 Å². The molecule has 14 heteroatoms. The first-order valence-electron chi connectivity index (χ1n) is 32.0. The number of carbonyl (C=O) groups is 1. The van der Waals surface area contributed by atoms with Gasteiger partial charge in [0.25, 0.3) is 0 Å². The monoisotopic (exact) mass is 1250 g/mol. The molecule has 6 heterocycles. The number of carbonyl (C=O) groups excluding carboxylic acids is 1. The minimum absolute atomic E-state index is 0.0275. The molecule has 4 aromatic rings. The van der Waals surface area contributed by atoms with E-state index in [1.807, 2.05) is 12.4 Å². The summed E-state index contributed by atoms with van der Waals surface area (Å²) in [5.74, 6) is 4.90. The third kappa shape index (κ3) is 10.8. The zero-order chi connectivity index (χ0) is 57.2. The van der Waals surface area contributed by atoms with Gasteiger partial charge in [0.05, 0.1) is 30.6 Å². The number of fused-ring (bicyclic) bond motifs is 2. The van der Waals surface area contributed by atoms with Crippen molar-refractivity contribution in [3.05, 3.63) is 51.6 Å². The van der Waals surface area contributed by atoms with E-state index in [1.54, 1.807) is 7.11 Å². The molecule has 2 saturated heterocycles. The summed E-state index contributed by atoms with van der Waals surface area (Å²) in [5, 5.41) is 14.7. The fourth-order valence-electron chi connectivity index (χ4n) is 20.4. The van der Waals surface area contributed by atoms with Gasteiger partial charge >= 0.3 is 0 Å². The summed E-state index contributed by atoms with van der Waals surface area (Å²) in [4.78, 5) is 21.1. The maximum absolute atomic E-state index is 12.3. The van der Waals surface area contributed by atoms with E-state index >= 15 is 0 Å². The van der Waals surface area contributed by atoms with Crippen molar-refractivity contribution < 1.29 is 33.6 Å². The highest BCUT2D eigenvalue weighted by Crippen LogP contribution is 2.64. The van der Waals surface area contributed by atoms with Gasteiger partial charge in [0.15, 0.2) is 29.1 Å². The summed E-state index contributed by atoms with van der Waals surface area (Å²) in [5.41, 5.74) is 8.18. The molecule has 0 aromatic carbocycles. The molecule has 8 aliphatic carbocycles. The lowest BCUT2D eigenvalue weighted by atomic mass is 9.48. The Morgan fingerprint density at radius 1 is 0.637 bits per heavy atom.